The predicted molar refractivity (Wildman–Crippen MR) is 41.8 cm³/mol. The Balaban J connectivity index is 2.52. The van der Waals surface area contributed by atoms with Crippen LogP contribution in [0, 0.1) is 4.91 Å². The van der Waals surface area contributed by atoms with Crippen molar-refractivity contribution >= 4 is 0 Å². The van der Waals surface area contributed by atoms with Gasteiger partial charge in [-0.25, -0.2) is 0 Å². The zero-order valence-electron chi connectivity index (χ0n) is 6.34. The molecule has 2 heteroatoms. The Bertz CT molecular complexity index is 151. The smallest absolute Gasteiger partial charge is 0.110 e. The topological polar surface area (TPSA) is 29.4 Å². The Morgan fingerprint density at radius 1 is 1.60 bits per heavy atom. The summed E-state index contributed by atoms with van der Waals surface area (Å²) in [6, 6.07) is -0.0831. The molecule has 0 aromatic heterocycles. The van der Waals surface area contributed by atoms with E-state index >= 15 is 0 Å². The first-order chi connectivity index (χ1) is 4.84. The van der Waals surface area contributed by atoms with E-state index in [1.54, 1.807) is 0 Å². The van der Waals surface area contributed by atoms with E-state index in [-0.39, 0.29) is 6.04 Å². The van der Waals surface area contributed by atoms with Crippen LogP contribution in [0.4, 0.5) is 0 Å². The molecule has 0 aromatic carbocycles. The van der Waals surface area contributed by atoms with Crippen molar-refractivity contribution in [3.05, 3.63) is 16.6 Å². The Hall–Kier alpha value is -0.660. The van der Waals surface area contributed by atoms with E-state index in [0.29, 0.717) is 0 Å². The van der Waals surface area contributed by atoms with Crippen molar-refractivity contribution in [2.45, 2.75) is 38.6 Å². The third kappa shape index (κ3) is 1.66. The van der Waals surface area contributed by atoms with E-state index in [4.69, 9.17) is 0 Å². The fourth-order valence-electron chi connectivity index (χ4n) is 1.31. The Morgan fingerprint density at radius 3 is 2.90 bits per heavy atom. The fraction of sp³-hybridized carbons (Fsp3) is 0.750. The van der Waals surface area contributed by atoms with Gasteiger partial charge in [0.05, 0.1) is 0 Å². The van der Waals surface area contributed by atoms with Gasteiger partial charge < -0.3 is 0 Å². The van der Waals surface area contributed by atoms with Crippen LogP contribution in [0.3, 0.4) is 0 Å². The van der Waals surface area contributed by atoms with E-state index in [1.165, 1.54) is 18.4 Å². The highest BCUT2D eigenvalue weighted by Gasteiger charge is 2.10. The molecule has 0 radical (unpaired) electrons. The maximum Gasteiger partial charge on any atom is 0.110 e. The van der Waals surface area contributed by atoms with Crippen LogP contribution in [0.25, 0.3) is 0 Å². The van der Waals surface area contributed by atoms with E-state index in [9.17, 15) is 4.91 Å². The van der Waals surface area contributed by atoms with Gasteiger partial charge >= 0.3 is 0 Å². The largest absolute Gasteiger partial charge is 0.150 e. The van der Waals surface area contributed by atoms with Crippen LogP contribution >= 0.6 is 0 Å². The van der Waals surface area contributed by atoms with Crippen molar-refractivity contribution in [3.63, 3.8) is 0 Å². The molecule has 0 aromatic rings. The molecule has 0 bridgehead atoms. The molecule has 1 atom stereocenters. The monoisotopic (exact) mass is 139 g/mol. The van der Waals surface area contributed by atoms with E-state index in [0.717, 1.165) is 12.8 Å². The van der Waals surface area contributed by atoms with Crippen molar-refractivity contribution in [2.75, 3.05) is 0 Å². The van der Waals surface area contributed by atoms with Crippen LogP contribution in [0.5, 0.6) is 0 Å². The first-order valence-electron chi connectivity index (χ1n) is 3.86. The molecule has 10 heavy (non-hydrogen) atoms. The van der Waals surface area contributed by atoms with E-state index in [2.05, 4.69) is 11.3 Å². The highest BCUT2D eigenvalue weighted by atomic mass is 16.3. The highest BCUT2D eigenvalue weighted by Crippen LogP contribution is 2.21. The molecule has 0 fully saturated rings. The number of hydrogen-bond acceptors (Lipinski definition) is 2. The van der Waals surface area contributed by atoms with E-state index < -0.39 is 0 Å². The minimum atomic E-state index is -0.0831. The summed E-state index contributed by atoms with van der Waals surface area (Å²) in [5.74, 6) is 0. The summed E-state index contributed by atoms with van der Waals surface area (Å²) in [4.78, 5) is 10.1. The third-order valence-electron chi connectivity index (χ3n) is 2.02. The van der Waals surface area contributed by atoms with Gasteiger partial charge in [0, 0.05) is 0 Å². The zero-order chi connectivity index (χ0) is 7.40. The van der Waals surface area contributed by atoms with Gasteiger partial charge in [0.25, 0.3) is 0 Å². The van der Waals surface area contributed by atoms with Gasteiger partial charge in [-0.1, -0.05) is 11.3 Å². The maximum atomic E-state index is 10.1. The number of allylic oxidation sites excluding steroid dienone is 1. The van der Waals surface area contributed by atoms with Gasteiger partial charge in [-0.3, -0.25) is 0 Å². The second-order valence-corrected chi connectivity index (χ2v) is 2.81. The molecule has 2 nitrogen and oxygen atoms in total. The Kier molecular flexibility index (Phi) is 2.60. The summed E-state index contributed by atoms with van der Waals surface area (Å²) in [5, 5.41) is 2.99. The second-order valence-electron chi connectivity index (χ2n) is 2.81. The van der Waals surface area contributed by atoms with Gasteiger partial charge in [-0.15, -0.1) is 0 Å². The first-order valence-corrected chi connectivity index (χ1v) is 3.86. The van der Waals surface area contributed by atoms with Gasteiger partial charge in [-0.05, 0) is 38.2 Å². The van der Waals surface area contributed by atoms with Crippen molar-refractivity contribution in [1.29, 1.82) is 0 Å². The van der Waals surface area contributed by atoms with Gasteiger partial charge in [-0.2, -0.15) is 4.91 Å². The van der Waals surface area contributed by atoms with Crippen LogP contribution in [0.2, 0.25) is 0 Å². The standard InChI is InChI=1S/C8H13NO/c1-7(9-10)8-5-3-2-4-6-8/h5,7H,2-4,6H2,1H3. The van der Waals surface area contributed by atoms with Crippen molar-refractivity contribution in [2.24, 2.45) is 5.18 Å². The van der Waals surface area contributed by atoms with Crippen LogP contribution < -0.4 is 0 Å². The molecular weight excluding hydrogens is 126 g/mol. The van der Waals surface area contributed by atoms with Crippen molar-refractivity contribution < 1.29 is 0 Å². The molecule has 0 heterocycles. The van der Waals surface area contributed by atoms with Crippen molar-refractivity contribution in [1.82, 2.24) is 0 Å². The summed E-state index contributed by atoms with van der Waals surface area (Å²) < 4.78 is 0. The predicted octanol–water partition coefficient (Wildman–Crippen LogP) is 2.64. The maximum absolute atomic E-state index is 10.1. The zero-order valence-corrected chi connectivity index (χ0v) is 6.34. The Morgan fingerprint density at radius 2 is 2.40 bits per heavy atom. The van der Waals surface area contributed by atoms with Crippen molar-refractivity contribution in [3.8, 4) is 0 Å². The van der Waals surface area contributed by atoms with E-state index in [1.807, 2.05) is 6.92 Å². The lowest BCUT2D eigenvalue weighted by Crippen LogP contribution is -2.04. The van der Waals surface area contributed by atoms with Crippen LogP contribution in [-0.2, 0) is 0 Å². The lowest BCUT2D eigenvalue weighted by Gasteiger charge is -2.13. The minimum Gasteiger partial charge on any atom is -0.150 e. The van der Waals surface area contributed by atoms with Gasteiger partial charge in [0.1, 0.15) is 6.04 Å². The lowest BCUT2D eigenvalue weighted by molar-refractivity contribution is 0.653. The third-order valence-corrected chi connectivity index (χ3v) is 2.02. The summed E-state index contributed by atoms with van der Waals surface area (Å²) >= 11 is 0. The quantitative estimate of drug-likeness (QED) is 0.427. The summed E-state index contributed by atoms with van der Waals surface area (Å²) in [5.41, 5.74) is 1.24. The average molecular weight is 139 g/mol. The molecular formula is C8H13NO. The molecule has 1 unspecified atom stereocenters. The lowest BCUT2D eigenvalue weighted by atomic mass is 9.95. The summed E-state index contributed by atoms with van der Waals surface area (Å²) in [6.07, 6.45) is 6.87. The number of rotatable bonds is 2. The SMILES string of the molecule is CC(N=O)C1=CCCCC1. The van der Waals surface area contributed by atoms with Gasteiger partial charge in [0.15, 0.2) is 0 Å². The fourth-order valence-corrected chi connectivity index (χ4v) is 1.31. The summed E-state index contributed by atoms with van der Waals surface area (Å²) in [7, 11) is 0. The molecule has 0 aliphatic heterocycles. The molecule has 1 aliphatic rings. The second kappa shape index (κ2) is 3.49. The van der Waals surface area contributed by atoms with Crippen LogP contribution in [0.1, 0.15) is 32.6 Å². The summed E-state index contributed by atoms with van der Waals surface area (Å²) in [6.45, 7) is 1.87. The van der Waals surface area contributed by atoms with Gasteiger partial charge in [0.2, 0.25) is 0 Å². The average Bonchev–Trinajstić information content (AvgIpc) is 2.05. The van der Waals surface area contributed by atoms with Crippen LogP contribution in [-0.4, -0.2) is 6.04 Å². The van der Waals surface area contributed by atoms with Crippen LogP contribution in [0.15, 0.2) is 16.8 Å². The minimum absolute atomic E-state index is 0.0831. The first kappa shape index (κ1) is 7.45. The molecule has 0 saturated heterocycles. The highest BCUT2D eigenvalue weighted by molar-refractivity contribution is 5.11. The molecule has 1 rings (SSSR count). The molecule has 0 spiro atoms. The number of hydrogen-bond donors (Lipinski definition) is 0. The molecule has 56 valence electrons. The normalized spacial score (nSPS) is 21.5. The molecule has 0 N–H and O–H groups in total. The Labute approximate surface area is 61.3 Å². The molecule has 0 amide bonds. The molecule has 0 saturated carbocycles. The molecule has 1 aliphatic carbocycles. The number of nitrogens with zero attached hydrogens (tertiary/aromatic N) is 1. The number of nitroso groups, excluding NO2 is 1.